The van der Waals surface area contributed by atoms with Crippen LogP contribution >= 0.6 is 11.6 Å². The van der Waals surface area contributed by atoms with Gasteiger partial charge in [0.25, 0.3) is 0 Å². The molecule has 0 saturated carbocycles. The summed E-state index contributed by atoms with van der Waals surface area (Å²) < 4.78 is 4.77. The van der Waals surface area contributed by atoms with Gasteiger partial charge < -0.3 is 4.74 Å². The largest absolute Gasteiger partial charge is 0.469 e. The van der Waals surface area contributed by atoms with E-state index in [1.165, 1.54) is 12.7 Å². The number of rotatable bonds is 5. The second kappa shape index (κ2) is 6.76. The van der Waals surface area contributed by atoms with E-state index in [0.29, 0.717) is 0 Å². The van der Waals surface area contributed by atoms with Crippen molar-refractivity contribution < 1.29 is 9.53 Å². The van der Waals surface area contributed by atoms with Crippen LogP contribution in [0.15, 0.2) is 24.3 Å². The van der Waals surface area contributed by atoms with Crippen molar-refractivity contribution in [1.82, 2.24) is 4.90 Å². The number of hydrogen-bond acceptors (Lipinski definition) is 3. The third-order valence-electron chi connectivity index (χ3n) is 3.34. The van der Waals surface area contributed by atoms with Gasteiger partial charge in [-0.1, -0.05) is 30.7 Å². The number of carbonyl (C=O) groups is 1. The Kier molecular flexibility index (Phi) is 5.63. The van der Waals surface area contributed by atoms with E-state index in [4.69, 9.17) is 16.3 Å². The molecule has 0 N–H and O–H groups in total. The number of carbonyl (C=O) groups excluding carboxylic acids is 1. The van der Waals surface area contributed by atoms with Crippen LogP contribution in [-0.2, 0) is 16.1 Å². The number of nitrogens with zero attached hydrogens (tertiary/aromatic N) is 1. The van der Waals surface area contributed by atoms with Crippen molar-refractivity contribution in [2.24, 2.45) is 5.92 Å². The predicted octanol–water partition coefficient (Wildman–Crippen LogP) is 2.97. The molecule has 1 rings (SSSR count). The van der Waals surface area contributed by atoms with Gasteiger partial charge in [0.15, 0.2) is 0 Å². The second-order valence-electron chi connectivity index (χ2n) is 4.59. The fourth-order valence-electron chi connectivity index (χ4n) is 1.79. The van der Waals surface area contributed by atoms with Crippen LogP contribution in [0.25, 0.3) is 0 Å². The SMILES string of the molecule is COC(=O)C(C)C(C)N(C)Cc1ccc(Cl)cc1. The van der Waals surface area contributed by atoms with Crippen molar-refractivity contribution in [2.45, 2.75) is 26.4 Å². The molecule has 1 aromatic carbocycles. The predicted molar refractivity (Wildman–Crippen MR) is 73.6 cm³/mol. The maximum atomic E-state index is 11.5. The first kappa shape index (κ1) is 15.0. The zero-order chi connectivity index (χ0) is 13.7. The van der Waals surface area contributed by atoms with Crippen molar-refractivity contribution in [2.75, 3.05) is 14.2 Å². The number of hydrogen-bond donors (Lipinski definition) is 0. The quantitative estimate of drug-likeness (QED) is 0.770. The highest BCUT2D eigenvalue weighted by atomic mass is 35.5. The van der Waals surface area contributed by atoms with E-state index in [0.717, 1.165) is 11.6 Å². The summed E-state index contributed by atoms with van der Waals surface area (Å²) in [6.45, 7) is 4.69. The smallest absolute Gasteiger partial charge is 0.309 e. The van der Waals surface area contributed by atoms with Crippen LogP contribution in [0.4, 0.5) is 0 Å². The zero-order valence-corrected chi connectivity index (χ0v) is 12.1. The summed E-state index contributed by atoms with van der Waals surface area (Å²) in [5.74, 6) is -0.322. The molecule has 0 bridgehead atoms. The van der Waals surface area contributed by atoms with E-state index in [9.17, 15) is 4.79 Å². The van der Waals surface area contributed by atoms with Gasteiger partial charge in [-0.05, 0) is 31.7 Å². The summed E-state index contributed by atoms with van der Waals surface area (Å²) in [5.41, 5.74) is 1.17. The Bertz CT molecular complexity index is 391. The maximum absolute atomic E-state index is 11.5. The number of ether oxygens (including phenoxy) is 1. The molecule has 0 radical (unpaired) electrons. The van der Waals surface area contributed by atoms with E-state index in [1.54, 1.807) is 0 Å². The highest BCUT2D eigenvalue weighted by molar-refractivity contribution is 6.30. The second-order valence-corrected chi connectivity index (χ2v) is 5.03. The van der Waals surface area contributed by atoms with Gasteiger partial charge >= 0.3 is 5.97 Å². The molecule has 0 aliphatic heterocycles. The Morgan fingerprint density at radius 2 is 1.89 bits per heavy atom. The third-order valence-corrected chi connectivity index (χ3v) is 3.59. The molecule has 3 nitrogen and oxygen atoms in total. The van der Waals surface area contributed by atoms with E-state index in [2.05, 4.69) is 4.90 Å². The van der Waals surface area contributed by atoms with Crippen LogP contribution in [0.2, 0.25) is 5.02 Å². The monoisotopic (exact) mass is 269 g/mol. The van der Waals surface area contributed by atoms with Crippen molar-refractivity contribution in [1.29, 1.82) is 0 Å². The molecule has 18 heavy (non-hydrogen) atoms. The summed E-state index contributed by atoms with van der Waals surface area (Å²) >= 11 is 5.85. The van der Waals surface area contributed by atoms with Crippen molar-refractivity contribution in [3.63, 3.8) is 0 Å². The molecule has 0 spiro atoms. The minimum Gasteiger partial charge on any atom is -0.469 e. The van der Waals surface area contributed by atoms with E-state index in [1.807, 2.05) is 45.2 Å². The Balaban J connectivity index is 2.61. The van der Waals surface area contributed by atoms with Crippen LogP contribution in [0.5, 0.6) is 0 Å². The number of benzene rings is 1. The Labute approximate surface area is 114 Å². The molecule has 0 aliphatic rings. The number of methoxy groups -OCH3 is 1. The van der Waals surface area contributed by atoms with Gasteiger partial charge in [0, 0.05) is 17.6 Å². The fraction of sp³-hybridized carbons (Fsp3) is 0.500. The van der Waals surface area contributed by atoms with Gasteiger partial charge in [-0.25, -0.2) is 0 Å². The molecule has 0 aromatic heterocycles. The minimum atomic E-state index is -0.176. The molecule has 2 unspecified atom stereocenters. The first-order valence-corrected chi connectivity index (χ1v) is 6.36. The van der Waals surface area contributed by atoms with Crippen LogP contribution < -0.4 is 0 Å². The lowest BCUT2D eigenvalue weighted by molar-refractivity contribution is -0.146. The van der Waals surface area contributed by atoms with Crippen LogP contribution in [-0.4, -0.2) is 31.1 Å². The normalized spacial score (nSPS) is 14.3. The third kappa shape index (κ3) is 4.00. The lowest BCUT2D eigenvalue weighted by atomic mass is 10.0. The maximum Gasteiger partial charge on any atom is 0.309 e. The molecule has 100 valence electrons. The van der Waals surface area contributed by atoms with E-state index >= 15 is 0 Å². The van der Waals surface area contributed by atoms with Gasteiger partial charge in [-0.3, -0.25) is 9.69 Å². The molecule has 0 fully saturated rings. The lowest BCUT2D eigenvalue weighted by Crippen LogP contribution is -2.37. The zero-order valence-electron chi connectivity index (χ0n) is 11.3. The Morgan fingerprint density at radius 3 is 2.39 bits per heavy atom. The Hall–Kier alpha value is -1.06. The van der Waals surface area contributed by atoms with Gasteiger partial charge in [-0.15, -0.1) is 0 Å². The minimum absolute atomic E-state index is 0.119. The molecule has 1 aromatic rings. The lowest BCUT2D eigenvalue weighted by Gasteiger charge is -2.28. The van der Waals surface area contributed by atoms with Crippen LogP contribution in [0, 0.1) is 5.92 Å². The topological polar surface area (TPSA) is 29.5 Å². The number of esters is 1. The van der Waals surface area contributed by atoms with Gasteiger partial charge in [-0.2, -0.15) is 0 Å². The molecule has 4 heteroatoms. The average molecular weight is 270 g/mol. The summed E-state index contributed by atoms with van der Waals surface area (Å²) in [6, 6.07) is 7.86. The molecule has 2 atom stereocenters. The summed E-state index contributed by atoms with van der Waals surface area (Å²) in [5, 5.41) is 0.734. The van der Waals surface area contributed by atoms with Gasteiger partial charge in [0.05, 0.1) is 13.0 Å². The Morgan fingerprint density at radius 1 is 1.33 bits per heavy atom. The van der Waals surface area contributed by atoms with Crippen molar-refractivity contribution >= 4 is 17.6 Å². The molecule has 0 aliphatic carbocycles. The van der Waals surface area contributed by atoms with Crippen LogP contribution in [0.3, 0.4) is 0 Å². The molecular weight excluding hydrogens is 250 g/mol. The van der Waals surface area contributed by atoms with Crippen LogP contribution in [0.1, 0.15) is 19.4 Å². The van der Waals surface area contributed by atoms with Gasteiger partial charge in [0.2, 0.25) is 0 Å². The standard InChI is InChI=1S/C14H20ClNO2/c1-10(14(17)18-4)11(2)16(3)9-12-5-7-13(15)8-6-12/h5-8,10-11H,9H2,1-4H3. The summed E-state index contributed by atoms with van der Waals surface area (Å²) in [4.78, 5) is 13.6. The fourth-order valence-corrected chi connectivity index (χ4v) is 1.91. The van der Waals surface area contributed by atoms with E-state index < -0.39 is 0 Å². The first-order valence-electron chi connectivity index (χ1n) is 5.98. The molecule has 0 saturated heterocycles. The van der Waals surface area contributed by atoms with Crippen molar-refractivity contribution in [3.8, 4) is 0 Å². The molecule has 0 amide bonds. The van der Waals surface area contributed by atoms with E-state index in [-0.39, 0.29) is 17.9 Å². The summed E-state index contributed by atoms with van der Waals surface area (Å²) in [6.07, 6.45) is 0. The average Bonchev–Trinajstić information content (AvgIpc) is 2.38. The highest BCUT2D eigenvalue weighted by Gasteiger charge is 2.24. The molecular formula is C14H20ClNO2. The van der Waals surface area contributed by atoms with Gasteiger partial charge in [0.1, 0.15) is 0 Å². The van der Waals surface area contributed by atoms with Crippen molar-refractivity contribution in [3.05, 3.63) is 34.9 Å². The first-order chi connectivity index (χ1) is 8.45. The molecule has 0 heterocycles. The summed E-state index contributed by atoms with van der Waals surface area (Å²) in [7, 11) is 3.42. The number of halogens is 1. The highest BCUT2D eigenvalue weighted by Crippen LogP contribution is 2.16.